The van der Waals surface area contributed by atoms with Crippen molar-refractivity contribution in [2.45, 2.75) is 52.6 Å². The number of benzene rings is 1. The number of aryl methyl sites for hydroxylation is 2. The molecule has 0 amide bonds. The minimum Gasteiger partial charge on any atom is -0.469 e. The number of carbonyl (C=O) groups is 1. The lowest BCUT2D eigenvalue weighted by atomic mass is 9.97. The van der Waals surface area contributed by atoms with E-state index >= 15 is 0 Å². The third kappa shape index (κ3) is 4.97. The first kappa shape index (κ1) is 26.8. The third-order valence-corrected chi connectivity index (χ3v) is 9.16. The molecule has 1 atom stereocenters. The molecule has 4 aromatic rings. The quantitative estimate of drug-likeness (QED) is 0.299. The van der Waals surface area contributed by atoms with Crippen molar-refractivity contribution in [2.24, 2.45) is 10.9 Å². The van der Waals surface area contributed by atoms with Crippen LogP contribution in [0.25, 0.3) is 5.00 Å². The second-order valence-electron chi connectivity index (χ2n) is 10.3. The van der Waals surface area contributed by atoms with Crippen LogP contribution in [0.15, 0.2) is 33.7 Å². The van der Waals surface area contributed by atoms with E-state index in [0.29, 0.717) is 29.8 Å². The Morgan fingerprint density at radius 2 is 1.80 bits per heavy atom. The normalized spacial score (nSPS) is 17.7. The highest BCUT2D eigenvalue weighted by Gasteiger charge is 2.33. The Morgan fingerprint density at radius 3 is 2.52 bits per heavy atom. The van der Waals surface area contributed by atoms with E-state index in [1.54, 1.807) is 11.3 Å². The fraction of sp³-hybridized carbons (Fsp3) is 0.429. The van der Waals surface area contributed by atoms with E-state index in [1.165, 1.54) is 17.6 Å². The molecule has 0 spiro atoms. The molecule has 1 fully saturated rings. The summed E-state index contributed by atoms with van der Waals surface area (Å²) >= 11 is 7.94. The first-order valence-electron chi connectivity index (χ1n) is 13.3. The van der Waals surface area contributed by atoms with E-state index in [4.69, 9.17) is 25.7 Å². The molecule has 0 unspecified atom stereocenters. The number of piperidine rings is 1. The lowest BCUT2D eigenvalue weighted by Crippen LogP contribution is -2.36. The van der Waals surface area contributed by atoms with E-state index in [2.05, 4.69) is 43.7 Å². The molecule has 2 aliphatic heterocycles. The number of aromatic nitrogens is 5. The van der Waals surface area contributed by atoms with Gasteiger partial charge in [0.2, 0.25) is 11.8 Å². The third-order valence-electron chi connectivity index (χ3n) is 7.71. The number of methoxy groups -OCH3 is 1. The van der Waals surface area contributed by atoms with Crippen molar-refractivity contribution in [3.05, 3.63) is 74.3 Å². The van der Waals surface area contributed by atoms with Crippen LogP contribution in [-0.2, 0) is 22.5 Å². The smallest absolute Gasteiger partial charge is 0.308 e. The molecule has 12 heteroatoms. The summed E-state index contributed by atoms with van der Waals surface area (Å²) in [5.41, 5.74) is 4.13. The van der Waals surface area contributed by atoms with Gasteiger partial charge in [-0.2, -0.15) is 0 Å². The van der Waals surface area contributed by atoms with Gasteiger partial charge >= 0.3 is 5.97 Å². The standard InChI is InChI=1S/C28H30ClN7O3S/c1-15-16(2)40-27-24(15)25(18-5-7-20(29)8-6-18)30-21(26-34-31-17(3)36(26)27)13-22-32-33-23(39-22)14-35-11-9-19(10-12-35)28(37)38-4/h5-8,19,21H,9-14H2,1-4H3/t21-/m0/s1. The first-order valence-corrected chi connectivity index (χ1v) is 14.5. The lowest BCUT2D eigenvalue weighted by molar-refractivity contribution is -0.147. The zero-order valence-electron chi connectivity index (χ0n) is 22.8. The Kier molecular flexibility index (Phi) is 7.28. The predicted octanol–water partition coefficient (Wildman–Crippen LogP) is 4.81. The molecule has 1 saturated heterocycles. The summed E-state index contributed by atoms with van der Waals surface area (Å²) in [6.07, 6.45) is 1.91. The molecular weight excluding hydrogens is 550 g/mol. The maximum absolute atomic E-state index is 11.8. The fourth-order valence-corrected chi connectivity index (χ4v) is 6.76. The van der Waals surface area contributed by atoms with Gasteiger partial charge in [0.25, 0.3) is 0 Å². The molecule has 40 heavy (non-hydrogen) atoms. The van der Waals surface area contributed by atoms with Gasteiger partial charge in [-0.25, -0.2) is 0 Å². The zero-order chi connectivity index (χ0) is 28.0. The topological polar surface area (TPSA) is 112 Å². The highest BCUT2D eigenvalue weighted by atomic mass is 35.5. The summed E-state index contributed by atoms with van der Waals surface area (Å²) in [6.45, 7) is 8.31. The van der Waals surface area contributed by atoms with Crippen molar-refractivity contribution >= 4 is 34.6 Å². The van der Waals surface area contributed by atoms with Crippen molar-refractivity contribution in [3.63, 3.8) is 0 Å². The van der Waals surface area contributed by atoms with E-state index < -0.39 is 0 Å². The van der Waals surface area contributed by atoms with Crippen molar-refractivity contribution in [2.75, 3.05) is 20.2 Å². The zero-order valence-corrected chi connectivity index (χ0v) is 24.4. The van der Waals surface area contributed by atoms with E-state index in [9.17, 15) is 4.79 Å². The van der Waals surface area contributed by atoms with Gasteiger partial charge in [0.15, 0.2) is 5.82 Å². The van der Waals surface area contributed by atoms with Gasteiger partial charge in [-0.15, -0.1) is 31.7 Å². The highest BCUT2D eigenvalue weighted by molar-refractivity contribution is 7.15. The highest BCUT2D eigenvalue weighted by Crippen LogP contribution is 2.39. The van der Waals surface area contributed by atoms with Gasteiger partial charge in [0, 0.05) is 21.0 Å². The van der Waals surface area contributed by atoms with Gasteiger partial charge in [-0.05, 0) is 64.4 Å². The number of hydrogen-bond acceptors (Lipinski definition) is 10. The lowest BCUT2D eigenvalue weighted by Gasteiger charge is -2.29. The molecular formula is C28H30ClN7O3S. The van der Waals surface area contributed by atoms with Gasteiger partial charge in [-0.3, -0.25) is 19.3 Å². The maximum atomic E-state index is 11.8. The molecule has 0 bridgehead atoms. The Bertz CT molecular complexity index is 1580. The van der Waals surface area contributed by atoms with Crippen LogP contribution < -0.4 is 0 Å². The second kappa shape index (κ2) is 10.9. The molecule has 10 nitrogen and oxygen atoms in total. The molecule has 0 N–H and O–H groups in total. The molecule has 5 heterocycles. The van der Waals surface area contributed by atoms with Crippen molar-refractivity contribution in [3.8, 4) is 5.00 Å². The monoisotopic (exact) mass is 579 g/mol. The summed E-state index contributed by atoms with van der Waals surface area (Å²) in [4.78, 5) is 20.6. The number of likely N-dealkylation sites (tertiary alicyclic amines) is 1. The van der Waals surface area contributed by atoms with Gasteiger partial charge in [0.05, 0.1) is 31.7 Å². The predicted molar refractivity (Wildman–Crippen MR) is 151 cm³/mol. The number of carbonyl (C=O) groups excluding carboxylic acids is 1. The summed E-state index contributed by atoms with van der Waals surface area (Å²) in [5, 5.41) is 19.4. The van der Waals surface area contributed by atoms with Crippen LogP contribution in [0.4, 0.5) is 0 Å². The molecule has 208 valence electrons. The number of thiophene rings is 1. The number of hydrogen-bond donors (Lipinski definition) is 0. The number of halogens is 1. The van der Waals surface area contributed by atoms with Crippen LogP contribution >= 0.6 is 22.9 Å². The Morgan fingerprint density at radius 1 is 1.07 bits per heavy atom. The Balaban J connectivity index is 1.30. The Labute approximate surface area is 241 Å². The van der Waals surface area contributed by atoms with E-state index in [-0.39, 0.29) is 17.9 Å². The van der Waals surface area contributed by atoms with Gasteiger partial charge in [-0.1, -0.05) is 23.7 Å². The minimum atomic E-state index is -0.379. The SMILES string of the molecule is COC(=O)C1CCN(Cc2nnc(C[C@@H]3N=C(c4ccc(Cl)cc4)c4c(sc(C)c4C)-n4c(C)nnc43)o2)CC1. The van der Waals surface area contributed by atoms with Gasteiger partial charge in [0.1, 0.15) is 16.9 Å². The first-order chi connectivity index (χ1) is 19.3. The molecule has 2 aliphatic rings. The van der Waals surface area contributed by atoms with Crippen LogP contribution in [0.1, 0.15) is 63.9 Å². The molecule has 3 aromatic heterocycles. The van der Waals surface area contributed by atoms with Crippen LogP contribution in [-0.4, -0.2) is 61.7 Å². The van der Waals surface area contributed by atoms with Crippen molar-refractivity contribution in [1.29, 1.82) is 0 Å². The summed E-state index contributed by atoms with van der Waals surface area (Å²) in [7, 11) is 1.44. The second-order valence-corrected chi connectivity index (χ2v) is 11.9. The number of ether oxygens (including phenoxy) is 1. The molecule has 1 aromatic carbocycles. The average molecular weight is 580 g/mol. The fourth-order valence-electron chi connectivity index (χ4n) is 5.42. The number of nitrogens with zero attached hydrogens (tertiary/aromatic N) is 7. The van der Waals surface area contributed by atoms with E-state index in [0.717, 1.165) is 59.4 Å². The summed E-state index contributed by atoms with van der Waals surface area (Å²) in [5.74, 6) is 2.41. The molecule has 0 radical (unpaired) electrons. The van der Waals surface area contributed by atoms with Gasteiger partial charge < -0.3 is 9.15 Å². The summed E-state index contributed by atoms with van der Waals surface area (Å²) in [6, 6.07) is 7.40. The van der Waals surface area contributed by atoms with Crippen LogP contribution in [0.5, 0.6) is 0 Å². The Hall–Kier alpha value is -3.41. The number of rotatable bonds is 6. The number of esters is 1. The molecule has 6 rings (SSSR count). The molecule has 0 aliphatic carbocycles. The van der Waals surface area contributed by atoms with Crippen LogP contribution in [0.2, 0.25) is 5.02 Å². The van der Waals surface area contributed by atoms with Crippen LogP contribution in [0.3, 0.4) is 0 Å². The van der Waals surface area contributed by atoms with Crippen molar-refractivity contribution in [1.82, 2.24) is 29.9 Å². The van der Waals surface area contributed by atoms with E-state index in [1.807, 2.05) is 31.2 Å². The van der Waals surface area contributed by atoms with Crippen LogP contribution in [0, 0.1) is 26.7 Å². The maximum Gasteiger partial charge on any atom is 0.308 e. The summed E-state index contributed by atoms with van der Waals surface area (Å²) < 4.78 is 13.1. The minimum absolute atomic E-state index is 0.0427. The number of aliphatic imine (C=N–C) groups is 1. The average Bonchev–Trinajstić information content (AvgIpc) is 3.62. The molecule has 0 saturated carbocycles. The number of fused-ring (bicyclic) bond motifs is 3. The largest absolute Gasteiger partial charge is 0.469 e. The van der Waals surface area contributed by atoms with Crippen molar-refractivity contribution < 1.29 is 13.9 Å².